The number of fused-ring (bicyclic) bond motifs is 1. The number of pyridine rings is 1. The van der Waals surface area contributed by atoms with E-state index in [0.717, 1.165) is 17.3 Å². The van der Waals surface area contributed by atoms with Crippen LogP contribution in [0.15, 0.2) is 97.3 Å². The van der Waals surface area contributed by atoms with E-state index in [9.17, 15) is 4.79 Å². The normalized spacial score (nSPS) is 16.1. The lowest BCUT2D eigenvalue weighted by Gasteiger charge is -2.45. The molecule has 3 aromatic carbocycles. The summed E-state index contributed by atoms with van der Waals surface area (Å²) >= 11 is 0. The molecule has 1 amide bonds. The van der Waals surface area contributed by atoms with Crippen LogP contribution in [0, 0.1) is 0 Å². The van der Waals surface area contributed by atoms with E-state index < -0.39 is 0 Å². The van der Waals surface area contributed by atoms with Crippen molar-refractivity contribution in [2.75, 3.05) is 59.8 Å². The molecule has 2 heterocycles. The fraction of sp³-hybridized carbons (Fsp3) is 0.333. The van der Waals surface area contributed by atoms with E-state index in [1.807, 2.05) is 41.3 Å². The zero-order valence-corrected chi connectivity index (χ0v) is 23.0. The first-order valence-electron chi connectivity index (χ1n) is 13.9. The molecule has 1 fully saturated rings. The summed E-state index contributed by atoms with van der Waals surface area (Å²) in [5.41, 5.74) is 3.08. The van der Waals surface area contributed by atoms with Crippen molar-refractivity contribution < 1.29 is 19.0 Å². The molecular weight excluding hydrogens is 502 g/mol. The van der Waals surface area contributed by atoms with E-state index in [0.29, 0.717) is 51.7 Å². The molecule has 0 bridgehead atoms. The Morgan fingerprint density at radius 3 is 2.20 bits per heavy atom. The highest BCUT2D eigenvalue weighted by atomic mass is 16.5. The second kappa shape index (κ2) is 14.1. The van der Waals surface area contributed by atoms with Crippen LogP contribution in [0.1, 0.15) is 27.5 Å². The van der Waals surface area contributed by atoms with Crippen LogP contribution in [0.3, 0.4) is 0 Å². The number of ether oxygens (including phenoxy) is 3. The minimum Gasteiger partial charge on any atom is -0.382 e. The van der Waals surface area contributed by atoms with Crippen LogP contribution >= 0.6 is 0 Å². The third-order valence-corrected chi connectivity index (χ3v) is 7.39. The van der Waals surface area contributed by atoms with E-state index in [4.69, 9.17) is 14.2 Å². The zero-order valence-electron chi connectivity index (χ0n) is 23.0. The summed E-state index contributed by atoms with van der Waals surface area (Å²) < 4.78 is 16.8. The van der Waals surface area contributed by atoms with E-state index in [1.165, 1.54) is 11.1 Å². The maximum Gasteiger partial charge on any atom is 0.256 e. The number of rotatable bonds is 12. The number of methoxy groups -OCH3 is 1. The van der Waals surface area contributed by atoms with Crippen molar-refractivity contribution in [1.29, 1.82) is 0 Å². The zero-order chi connectivity index (χ0) is 27.6. The average molecular weight is 540 g/mol. The highest BCUT2D eigenvalue weighted by Crippen LogP contribution is 2.32. The smallest absolute Gasteiger partial charge is 0.256 e. The standard InChI is InChI=1S/C33H37N3O4/c1-38-18-19-39-20-21-40-25-29-24-35(33(37)31-23-34-22-28-14-8-9-15-30(28)31)16-17-36(29)32(26-10-4-2-5-11-26)27-12-6-3-7-13-27/h2-15,22-23,29,32H,16-21,24-25H2,1H3/t29-/m0/s1. The Morgan fingerprint density at radius 2 is 1.48 bits per heavy atom. The van der Waals surface area contributed by atoms with Crippen molar-refractivity contribution in [1.82, 2.24) is 14.8 Å². The molecule has 0 aliphatic carbocycles. The van der Waals surface area contributed by atoms with Crippen molar-refractivity contribution in [3.8, 4) is 0 Å². The molecule has 1 atom stereocenters. The van der Waals surface area contributed by atoms with Gasteiger partial charge in [-0.05, 0) is 16.5 Å². The van der Waals surface area contributed by atoms with Crippen LogP contribution in [-0.2, 0) is 14.2 Å². The predicted molar refractivity (Wildman–Crippen MR) is 156 cm³/mol. The first kappa shape index (κ1) is 27.9. The number of piperazine rings is 1. The number of nitrogens with zero attached hydrogens (tertiary/aromatic N) is 3. The Labute approximate surface area is 236 Å². The molecule has 40 heavy (non-hydrogen) atoms. The molecule has 7 heteroatoms. The van der Waals surface area contributed by atoms with Gasteiger partial charge >= 0.3 is 0 Å². The van der Waals surface area contributed by atoms with Gasteiger partial charge in [0.15, 0.2) is 0 Å². The van der Waals surface area contributed by atoms with Crippen LogP contribution < -0.4 is 0 Å². The number of carbonyl (C=O) groups excluding carboxylic acids is 1. The highest BCUT2D eigenvalue weighted by molar-refractivity contribution is 6.06. The summed E-state index contributed by atoms with van der Waals surface area (Å²) in [7, 11) is 1.66. The summed E-state index contributed by atoms with van der Waals surface area (Å²) in [6.45, 7) is 4.47. The van der Waals surface area contributed by atoms with Gasteiger partial charge in [-0.25, -0.2) is 0 Å². The van der Waals surface area contributed by atoms with Crippen LogP contribution in [0.4, 0.5) is 0 Å². The maximum absolute atomic E-state index is 13.8. The Morgan fingerprint density at radius 1 is 0.825 bits per heavy atom. The molecule has 0 unspecified atom stereocenters. The van der Waals surface area contributed by atoms with Crippen molar-refractivity contribution in [2.45, 2.75) is 12.1 Å². The summed E-state index contributed by atoms with van der Waals surface area (Å²) in [6, 6.07) is 29.1. The van der Waals surface area contributed by atoms with Gasteiger partial charge in [-0.3, -0.25) is 14.7 Å². The highest BCUT2D eigenvalue weighted by Gasteiger charge is 2.36. The average Bonchev–Trinajstić information content (AvgIpc) is 3.02. The van der Waals surface area contributed by atoms with Gasteiger partial charge in [0.25, 0.3) is 5.91 Å². The maximum atomic E-state index is 13.8. The molecule has 0 N–H and O–H groups in total. The second-order valence-electron chi connectivity index (χ2n) is 9.96. The molecule has 1 aromatic heterocycles. The SMILES string of the molecule is COCCOCCOC[C@@H]1CN(C(=O)c2cncc3ccccc23)CCN1C(c1ccccc1)c1ccccc1. The molecule has 1 saturated heterocycles. The number of hydrogen-bond donors (Lipinski definition) is 0. The lowest BCUT2D eigenvalue weighted by molar-refractivity contribution is -0.0210. The van der Waals surface area contributed by atoms with E-state index in [-0.39, 0.29) is 18.0 Å². The van der Waals surface area contributed by atoms with Crippen molar-refractivity contribution in [3.63, 3.8) is 0 Å². The first-order valence-corrected chi connectivity index (χ1v) is 13.9. The fourth-order valence-corrected chi connectivity index (χ4v) is 5.43. The number of hydrogen-bond acceptors (Lipinski definition) is 6. The van der Waals surface area contributed by atoms with Crippen molar-refractivity contribution in [2.24, 2.45) is 0 Å². The Hall–Kier alpha value is -3.62. The van der Waals surface area contributed by atoms with Gasteiger partial charge in [0.1, 0.15) is 0 Å². The van der Waals surface area contributed by atoms with Gasteiger partial charge < -0.3 is 19.1 Å². The van der Waals surface area contributed by atoms with Gasteiger partial charge in [-0.2, -0.15) is 0 Å². The molecule has 1 aliphatic heterocycles. The van der Waals surface area contributed by atoms with Crippen LogP contribution in [0.2, 0.25) is 0 Å². The summed E-state index contributed by atoms with van der Waals surface area (Å²) in [6.07, 6.45) is 3.50. The molecule has 1 aliphatic rings. The summed E-state index contributed by atoms with van der Waals surface area (Å²) in [4.78, 5) is 22.6. The van der Waals surface area contributed by atoms with Gasteiger partial charge in [0, 0.05) is 44.5 Å². The van der Waals surface area contributed by atoms with Crippen molar-refractivity contribution >= 4 is 16.7 Å². The fourth-order valence-electron chi connectivity index (χ4n) is 5.43. The monoisotopic (exact) mass is 539 g/mol. The molecule has 208 valence electrons. The second-order valence-corrected chi connectivity index (χ2v) is 9.96. The van der Waals surface area contributed by atoms with E-state index in [2.05, 4.69) is 58.4 Å². The third kappa shape index (κ3) is 6.74. The lowest BCUT2D eigenvalue weighted by Crippen LogP contribution is -2.57. The van der Waals surface area contributed by atoms with E-state index >= 15 is 0 Å². The minimum atomic E-state index is -0.00924. The van der Waals surface area contributed by atoms with Crippen LogP contribution in [-0.4, -0.2) is 86.5 Å². The molecule has 5 rings (SSSR count). The summed E-state index contributed by atoms with van der Waals surface area (Å²) in [5.74, 6) is 0.00724. The molecule has 0 saturated carbocycles. The number of carbonyl (C=O) groups is 1. The Bertz CT molecular complexity index is 1310. The van der Waals surface area contributed by atoms with Gasteiger partial charge in [0.05, 0.1) is 50.7 Å². The predicted octanol–water partition coefficient (Wildman–Crippen LogP) is 4.83. The van der Waals surface area contributed by atoms with Gasteiger partial charge in [0.2, 0.25) is 0 Å². The van der Waals surface area contributed by atoms with Crippen LogP contribution in [0.5, 0.6) is 0 Å². The number of benzene rings is 3. The van der Waals surface area contributed by atoms with E-state index in [1.54, 1.807) is 19.5 Å². The van der Waals surface area contributed by atoms with Gasteiger partial charge in [-0.1, -0.05) is 84.9 Å². The molecule has 0 spiro atoms. The quantitative estimate of drug-likeness (QED) is 0.240. The summed E-state index contributed by atoms with van der Waals surface area (Å²) in [5, 5.41) is 1.89. The molecule has 4 aromatic rings. The number of amides is 1. The minimum absolute atomic E-state index is 0.00724. The molecular formula is C33H37N3O4. The third-order valence-electron chi connectivity index (χ3n) is 7.39. The Kier molecular flexibility index (Phi) is 9.87. The Balaban J connectivity index is 1.39. The lowest BCUT2D eigenvalue weighted by atomic mass is 9.94. The van der Waals surface area contributed by atoms with Crippen molar-refractivity contribution in [3.05, 3.63) is 114 Å². The van der Waals surface area contributed by atoms with Crippen LogP contribution in [0.25, 0.3) is 10.8 Å². The molecule has 0 radical (unpaired) electrons. The molecule has 7 nitrogen and oxygen atoms in total. The largest absolute Gasteiger partial charge is 0.382 e. The first-order chi connectivity index (χ1) is 19.8. The topological polar surface area (TPSA) is 64.1 Å². The van der Waals surface area contributed by atoms with Gasteiger partial charge in [-0.15, -0.1) is 0 Å². The number of aromatic nitrogens is 1.